The van der Waals surface area contributed by atoms with Crippen molar-refractivity contribution in [3.8, 4) is 0 Å². The number of carbonyl (C=O) groups is 2. The van der Waals surface area contributed by atoms with Gasteiger partial charge in [0, 0.05) is 14.1 Å². The normalized spacial score (nSPS) is 25.6. The Morgan fingerprint density at radius 2 is 1.11 bits per heavy atom. The van der Waals surface area contributed by atoms with Crippen molar-refractivity contribution >= 4 is 11.8 Å². The molecule has 1 heterocycles. The number of amides is 2. The third kappa shape index (κ3) is 3.03. The predicted octanol–water partition coefficient (Wildman–Crippen LogP) is 1.75. The fourth-order valence-corrected chi connectivity index (χ4v) is 2.52. The van der Waals surface area contributed by atoms with Crippen LogP contribution in [0.25, 0.3) is 0 Å². The van der Waals surface area contributed by atoms with Crippen LogP contribution in [0.1, 0.15) is 40.5 Å². The molecule has 2 amide bonds. The van der Waals surface area contributed by atoms with Crippen molar-refractivity contribution in [2.75, 3.05) is 14.1 Å². The zero-order chi connectivity index (χ0) is 14.0. The second kappa shape index (κ2) is 5.72. The van der Waals surface area contributed by atoms with Crippen LogP contribution in [0.15, 0.2) is 0 Å². The Kier molecular flexibility index (Phi) is 4.77. The Bertz CT molecular complexity index is 294. The summed E-state index contributed by atoms with van der Waals surface area (Å²) in [4.78, 5) is 28.0. The molecular formula is C14H26N2O2. The van der Waals surface area contributed by atoms with Gasteiger partial charge in [-0.2, -0.15) is 0 Å². The summed E-state index contributed by atoms with van der Waals surface area (Å²) in [7, 11) is 3.52. The third-order valence-electron chi connectivity index (χ3n) is 3.59. The van der Waals surface area contributed by atoms with Gasteiger partial charge in [0.2, 0.25) is 11.8 Å². The van der Waals surface area contributed by atoms with Gasteiger partial charge in [0.1, 0.15) is 12.1 Å². The molecule has 2 atom stereocenters. The van der Waals surface area contributed by atoms with Crippen LogP contribution in [0.5, 0.6) is 0 Å². The molecule has 0 aromatic heterocycles. The number of rotatable bonds is 4. The molecular weight excluding hydrogens is 228 g/mol. The topological polar surface area (TPSA) is 40.6 Å². The van der Waals surface area contributed by atoms with E-state index < -0.39 is 0 Å². The van der Waals surface area contributed by atoms with Crippen LogP contribution in [-0.4, -0.2) is 47.8 Å². The first-order valence-corrected chi connectivity index (χ1v) is 6.79. The quantitative estimate of drug-likeness (QED) is 0.767. The van der Waals surface area contributed by atoms with Crippen LogP contribution in [-0.2, 0) is 9.59 Å². The van der Waals surface area contributed by atoms with Gasteiger partial charge in [0.15, 0.2) is 0 Å². The van der Waals surface area contributed by atoms with Gasteiger partial charge in [-0.25, -0.2) is 0 Å². The van der Waals surface area contributed by atoms with E-state index in [4.69, 9.17) is 0 Å². The average Bonchev–Trinajstić information content (AvgIpc) is 2.27. The monoisotopic (exact) mass is 254 g/mol. The number of carbonyl (C=O) groups excluding carboxylic acids is 2. The average molecular weight is 254 g/mol. The van der Waals surface area contributed by atoms with E-state index in [2.05, 4.69) is 27.7 Å². The molecule has 0 unspecified atom stereocenters. The van der Waals surface area contributed by atoms with Crippen molar-refractivity contribution in [1.29, 1.82) is 0 Å². The number of likely N-dealkylation sites (N-methyl/N-ethyl adjacent to an activating group) is 2. The highest BCUT2D eigenvalue weighted by Crippen LogP contribution is 2.24. The van der Waals surface area contributed by atoms with Crippen molar-refractivity contribution in [3.63, 3.8) is 0 Å². The Balaban J connectivity index is 2.88. The molecule has 1 aliphatic heterocycles. The van der Waals surface area contributed by atoms with Crippen molar-refractivity contribution in [3.05, 3.63) is 0 Å². The largest absolute Gasteiger partial charge is 0.332 e. The first-order chi connectivity index (χ1) is 8.25. The van der Waals surface area contributed by atoms with Gasteiger partial charge in [-0.3, -0.25) is 9.59 Å². The zero-order valence-electron chi connectivity index (χ0n) is 12.4. The van der Waals surface area contributed by atoms with Gasteiger partial charge in [-0.05, 0) is 24.7 Å². The van der Waals surface area contributed by atoms with Gasteiger partial charge in [-0.15, -0.1) is 0 Å². The summed E-state index contributed by atoms with van der Waals surface area (Å²) in [6.07, 6.45) is 1.47. The summed E-state index contributed by atoms with van der Waals surface area (Å²) in [5, 5.41) is 0. The molecule has 18 heavy (non-hydrogen) atoms. The van der Waals surface area contributed by atoms with Crippen LogP contribution in [0.4, 0.5) is 0 Å². The molecule has 1 fully saturated rings. The molecule has 1 saturated heterocycles. The van der Waals surface area contributed by atoms with Crippen molar-refractivity contribution in [2.45, 2.75) is 52.6 Å². The summed E-state index contributed by atoms with van der Waals surface area (Å²) < 4.78 is 0. The number of hydrogen-bond acceptors (Lipinski definition) is 2. The van der Waals surface area contributed by atoms with Crippen LogP contribution >= 0.6 is 0 Å². The molecule has 0 saturated carbocycles. The first kappa shape index (κ1) is 15.0. The molecule has 0 aliphatic carbocycles. The molecule has 0 aromatic carbocycles. The fourth-order valence-electron chi connectivity index (χ4n) is 2.52. The smallest absolute Gasteiger partial charge is 0.245 e. The van der Waals surface area contributed by atoms with Crippen LogP contribution in [0.2, 0.25) is 0 Å². The fraction of sp³-hybridized carbons (Fsp3) is 0.857. The molecule has 1 aliphatic rings. The standard InChI is InChI=1S/C14H26N2O2/c1-9(2)7-11-13(17)16(6)12(8-10(3)4)14(18)15(11)5/h9-12H,7-8H2,1-6H3/t11-,12-/m0/s1. The molecule has 0 aromatic rings. The SMILES string of the molecule is CC(C)C[C@H]1C(=O)N(C)[C@@H](CC(C)C)C(=O)N1C. The van der Waals surface area contributed by atoms with Gasteiger partial charge < -0.3 is 9.80 Å². The Hall–Kier alpha value is -1.06. The summed E-state index contributed by atoms with van der Waals surface area (Å²) in [5.74, 6) is 0.974. The van der Waals surface area contributed by atoms with Gasteiger partial charge in [-0.1, -0.05) is 27.7 Å². The van der Waals surface area contributed by atoms with E-state index in [0.717, 1.165) is 12.8 Å². The van der Waals surface area contributed by atoms with Gasteiger partial charge >= 0.3 is 0 Å². The number of hydrogen-bond donors (Lipinski definition) is 0. The van der Waals surface area contributed by atoms with Crippen molar-refractivity contribution in [2.24, 2.45) is 11.8 Å². The van der Waals surface area contributed by atoms with Crippen LogP contribution < -0.4 is 0 Å². The molecule has 0 radical (unpaired) electrons. The Morgan fingerprint density at radius 1 is 0.833 bits per heavy atom. The van der Waals surface area contributed by atoms with Gasteiger partial charge in [0.05, 0.1) is 0 Å². The highest BCUT2D eigenvalue weighted by atomic mass is 16.2. The molecule has 0 bridgehead atoms. The van der Waals surface area contributed by atoms with Crippen LogP contribution in [0, 0.1) is 11.8 Å². The highest BCUT2D eigenvalue weighted by Gasteiger charge is 2.42. The molecule has 0 N–H and O–H groups in total. The second-order valence-corrected chi connectivity index (χ2v) is 6.19. The Morgan fingerprint density at radius 3 is 1.33 bits per heavy atom. The van der Waals surface area contributed by atoms with E-state index in [1.165, 1.54) is 0 Å². The first-order valence-electron chi connectivity index (χ1n) is 6.79. The van der Waals surface area contributed by atoms with E-state index in [-0.39, 0.29) is 23.9 Å². The number of piperazine rings is 1. The maximum atomic E-state index is 12.3. The molecule has 0 spiro atoms. The number of nitrogens with zero attached hydrogens (tertiary/aromatic N) is 2. The minimum atomic E-state index is -0.286. The minimum absolute atomic E-state index is 0.0800. The summed E-state index contributed by atoms with van der Waals surface area (Å²) >= 11 is 0. The van der Waals surface area contributed by atoms with Crippen LogP contribution in [0.3, 0.4) is 0 Å². The van der Waals surface area contributed by atoms with E-state index in [9.17, 15) is 9.59 Å². The van der Waals surface area contributed by atoms with Crippen molar-refractivity contribution in [1.82, 2.24) is 9.80 Å². The lowest BCUT2D eigenvalue weighted by atomic mass is 9.93. The Labute approximate surface area is 110 Å². The maximum Gasteiger partial charge on any atom is 0.245 e. The maximum absolute atomic E-state index is 12.3. The minimum Gasteiger partial charge on any atom is -0.332 e. The van der Waals surface area contributed by atoms with E-state index in [1.807, 2.05) is 0 Å². The summed E-state index contributed by atoms with van der Waals surface area (Å²) in [6.45, 7) is 8.30. The lowest BCUT2D eigenvalue weighted by molar-refractivity contribution is -0.159. The summed E-state index contributed by atoms with van der Waals surface area (Å²) in [6, 6.07) is -0.572. The molecule has 4 heteroatoms. The molecule has 4 nitrogen and oxygen atoms in total. The van der Waals surface area contributed by atoms with Crippen molar-refractivity contribution < 1.29 is 9.59 Å². The zero-order valence-corrected chi connectivity index (χ0v) is 12.4. The van der Waals surface area contributed by atoms with E-state index in [0.29, 0.717) is 11.8 Å². The second-order valence-electron chi connectivity index (χ2n) is 6.19. The summed E-state index contributed by atoms with van der Waals surface area (Å²) in [5.41, 5.74) is 0. The van der Waals surface area contributed by atoms with Gasteiger partial charge in [0.25, 0.3) is 0 Å². The lowest BCUT2D eigenvalue weighted by Gasteiger charge is -2.43. The van der Waals surface area contributed by atoms with E-state index in [1.54, 1.807) is 23.9 Å². The molecule has 1 rings (SSSR count). The lowest BCUT2D eigenvalue weighted by Crippen LogP contribution is -2.62. The highest BCUT2D eigenvalue weighted by molar-refractivity contribution is 5.96. The molecule has 104 valence electrons. The van der Waals surface area contributed by atoms with E-state index >= 15 is 0 Å². The third-order valence-corrected chi connectivity index (χ3v) is 3.59. The predicted molar refractivity (Wildman–Crippen MR) is 72.0 cm³/mol.